The van der Waals surface area contributed by atoms with Crippen LogP contribution in [0.3, 0.4) is 0 Å². The van der Waals surface area contributed by atoms with E-state index in [0.717, 1.165) is 17.9 Å². The molecule has 0 saturated carbocycles. The molecule has 0 aliphatic carbocycles. The number of amides is 2. The Morgan fingerprint density at radius 3 is 2.77 bits per heavy atom. The molecular formula is C16H26N2O3S. The number of aliphatic hydroxyl groups is 1. The molecule has 6 heteroatoms. The van der Waals surface area contributed by atoms with Gasteiger partial charge in [0, 0.05) is 16.9 Å². The van der Waals surface area contributed by atoms with Crippen LogP contribution in [0.4, 0.5) is 4.79 Å². The average Bonchev–Trinajstić information content (AvgIpc) is 3.01. The number of nitrogens with one attached hydrogen (secondary N) is 2. The molecule has 1 aromatic heterocycles. The van der Waals surface area contributed by atoms with Crippen LogP contribution in [0, 0.1) is 13.8 Å². The monoisotopic (exact) mass is 326 g/mol. The van der Waals surface area contributed by atoms with E-state index in [4.69, 9.17) is 4.42 Å². The highest BCUT2D eigenvalue weighted by Gasteiger charge is 2.31. The first-order chi connectivity index (χ1) is 10.2. The molecule has 0 bridgehead atoms. The Morgan fingerprint density at radius 2 is 2.23 bits per heavy atom. The number of hydrogen-bond acceptors (Lipinski definition) is 4. The van der Waals surface area contributed by atoms with E-state index in [1.807, 2.05) is 31.7 Å². The summed E-state index contributed by atoms with van der Waals surface area (Å²) in [5, 5.41) is 16.2. The first-order valence-electron chi connectivity index (χ1n) is 7.67. The predicted molar refractivity (Wildman–Crippen MR) is 89.3 cm³/mol. The van der Waals surface area contributed by atoms with Crippen molar-refractivity contribution in [1.29, 1.82) is 0 Å². The fourth-order valence-electron chi connectivity index (χ4n) is 2.82. The summed E-state index contributed by atoms with van der Waals surface area (Å²) in [7, 11) is 0. The van der Waals surface area contributed by atoms with E-state index in [1.165, 1.54) is 6.42 Å². The average molecular weight is 326 g/mol. The molecule has 1 fully saturated rings. The zero-order chi connectivity index (χ0) is 16.4. The highest BCUT2D eigenvalue weighted by Crippen LogP contribution is 2.36. The molecule has 124 valence electrons. The van der Waals surface area contributed by atoms with Crippen molar-refractivity contribution in [2.75, 3.05) is 18.8 Å². The van der Waals surface area contributed by atoms with E-state index in [0.29, 0.717) is 17.9 Å². The predicted octanol–water partition coefficient (Wildman–Crippen LogP) is 2.69. The van der Waals surface area contributed by atoms with E-state index in [2.05, 4.69) is 17.6 Å². The molecule has 0 aromatic carbocycles. The van der Waals surface area contributed by atoms with Gasteiger partial charge in [-0.05, 0) is 52.4 Å². The summed E-state index contributed by atoms with van der Waals surface area (Å²) in [6.45, 7) is 8.30. The molecule has 5 nitrogen and oxygen atoms in total. The Bertz CT molecular complexity index is 533. The SMILES string of the molecule is Cc1cc(C(C)(O)CNC(=O)NCC2(C)CCCS2)c(C)o1. The summed E-state index contributed by atoms with van der Waals surface area (Å²) in [5.74, 6) is 2.59. The maximum absolute atomic E-state index is 11.9. The number of urea groups is 1. The van der Waals surface area contributed by atoms with Gasteiger partial charge in [0.1, 0.15) is 17.1 Å². The van der Waals surface area contributed by atoms with Crippen LogP contribution in [0.2, 0.25) is 0 Å². The van der Waals surface area contributed by atoms with E-state index in [-0.39, 0.29) is 17.3 Å². The van der Waals surface area contributed by atoms with Crippen LogP contribution in [0.15, 0.2) is 10.5 Å². The molecule has 1 aliphatic heterocycles. The molecule has 0 radical (unpaired) electrons. The van der Waals surface area contributed by atoms with Gasteiger partial charge < -0.3 is 20.2 Å². The standard InChI is InChI=1S/C16H26N2O3S/c1-11-8-13(12(2)21-11)16(4,20)10-18-14(19)17-9-15(3)6-5-7-22-15/h8,20H,5-7,9-10H2,1-4H3,(H2,17,18,19). The van der Waals surface area contributed by atoms with Gasteiger partial charge in [-0.15, -0.1) is 0 Å². The van der Waals surface area contributed by atoms with Crippen LogP contribution in [0.25, 0.3) is 0 Å². The summed E-state index contributed by atoms with van der Waals surface area (Å²) < 4.78 is 5.58. The molecule has 0 spiro atoms. The van der Waals surface area contributed by atoms with Crippen LogP contribution < -0.4 is 10.6 Å². The molecule has 1 aliphatic rings. The van der Waals surface area contributed by atoms with E-state index in [1.54, 1.807) is 6.92 Å². The third-order valence-corrected chi connectivity index (χ3v) is 5.68. The quantitative estimate of drug-likeness (QED) is 0.778. The van der Waals surface area contributed by atoms with Gasteiger partial charge in [-0.1, -0.05) is 0 Å². The van der Waals surface area contributed by atoms with Gasteiger partial charge in [-0.25, -0.2) is 4.79 Å². The lowest BCUT2D eigenvalue weighted by Crippen LogP contribution is -2.46. The number of thioether (sulfide) groups is 1. The lowest BCUT2D eigenvalue weighted by Gasteiger charge is -2.25. The van der Waals surface area contributed by atoms with E-state index < -0.39 is 5.60 Å². The largest absolute Gasteiger partial charge is 0.466 e. The Labute approximate surface area is 136 Å². The Kier molecular flexibility index (Phi) is 5.12. The normalized spacial score (nSPS) is 24.0. The van der Waals surface area contributed by atoms with Gasteiger partial charge in [-0.2, -0.15) is 11.8 Å². The maximum atomic E-state index is 11.9. The molecular weight excluding hydrogens is 300 g/mol. The van der Waals surface area contributed by atoms with Crippen LogP contribution in [0.5, 0.6) is 0 Å². The van der Waals surface area contributed by atoms with Crippen molar-refractivity contribution >= 4 is 17.8 Å². The first kappa shape index (κ1) is 17.2. The molecule has 2 heterocycles. The molecule has 3 N–H and O–H groups in total. The third kappa shape index (κ3) is 4.20. The molecule has 22 heavy (non-hydrogen) atoms. The summed E-state index contributed by atoms with van der Waals surface area (Å²) in [6.07, 6.45) is 2.33. The molecule has 2 unspecified atom stereocenters. The lowest BCUT2D eigenvalue weighted by atomic mass is 9.96. The zero-order valence-electron chi connectivity index (χ0n) is 13.8. The summed E-state index contributed by atoms with van der Waals surface area (Å²) in [4.78, 5) is 11.9. The molecule has 1 saturated heterocycles. The minimum absolute atomic E-state index is 0.137. The highest BCUT2D eigenvalue weighted by molar-refractivity contribution is 8.00. The van der Waals surface area contributed by atoms with Crippen LogP contribution >= 0.6 is 11.8 Å². The van der Waals surface area contributed by atoms with Crippen LogP contribution in [-0.4, -0.2) is 34.7 Å². The number of rotatable bonds is 5. The van der Waals surface area contributed by atoms with E-state index >= 15 is 0 Å². The van der Waals surface area contributed by atoms with Gasteiger partial charge in [-0.3, -0.25) is 0 Å². The van der Waals surface area contributed by atoms with Crippen molar-refractivity contribution in [3.63, 3.8) is 0 Å². The smallest absolute Gasteiger partial charge is 0.314 e. The number of carbonyl (C=O) groups is 1. The fourth-order valence-corrected chi connectivity index (χ4v) is 4.06. The zero-order valence-corrected chi connectivity index (χ0v) is 14.6. The summed E-state index contributed by atoms with van der Waals surface area (Å²) >= 11 is 1.91. The van der Waals surface area contributed by atoms with Gasteiger partial charge in [0.2, 0.25) is 0 Å². The number of furan rings is 1. The van der Waals surface area contributed by atoms with Crippen molar-refractivity contribution in [3.8, 4) is 0 Å². The highest BCUT2D eigenvalue weighted by atomic mass is 32.2. The third-order valence-electron chi connectivity index (χ3n) is 4.14. The topological polar surface area (TPSA) is 74.5 Å². The van der Waals surface area contributed by atoms with Crippen molar-refractivity contribution < 1.29 is 14.3 Å². The Balaban J connectivity index is 1.83. The van der Waals surface area contributed by atoms with Crippen molar-refractivity contribution in [1.82, 2.24) is 10.6 Å². The van der Waals surface area contributed by atoms with Crippen LogP contribution in [0.1, 0.15) is 43.8 Å². The molecule has 1 aromatic rings. The number of hydrogen-bond donors (Lipinski definition) is 3. The van der Waals surface area contributed by atoms with Gasteiger partial charge in [0.25, 0.3) is 0 Å². The summed E-state index contributed by atoms with van der Waals surface area (Å²) in [5.41, 5.74) is -0.436. The first-order valence-corrected chi connectivity index (χ1v) is 8.66. The van der Waals surface area contributed by atoms with Gasteiger partial charge >= 0.3 is 6.03 Å². The van der Waals surface area contributed by atoms with Gasteiger partial charge in [0.15, 0.2) is 0 Å². The van der Waals surface area contributed by atoms with Crippen molar-refractivity contribution in [3.05, 3.63) is 23.2 Å². The second kappa shape index (κ2) is 6.54. The Hall–Kier alpha value is -1.14. The minimum atomic E-state index is -1.15. The molecule has 2 rings (SSSR count). The summed E-state index contributed by atoms with van der Waals surface area (Å²) in [6, 6.07) is 1.57. The van der Waals surface area contributed by atoms with Crippen molar-refractivity contribution in [2.45, 2.75) is 50.9 Å². The molecule has 2 amide bonds. The number of aryl methyl sites for hydroxylation is 2. The lowest BCUT2D eigenvalue weighted by molar-refractivity contribution is 0.0579. The van der Waals surface area contributed by atoms with E-state index in [9.17, 15) is 9.90 Å². The second-order valence-electron chi connectivity index (χ2n) is 6.54. The Morgan fingerprint density at radius 1 is 1.50 bits per heavy atom. The minimum Gasteiger partial charge on any atom is -0.466 e. The number of carbonyl (C=O) groups excluding carboxylic acids is 1. The van der Waals surface area contributed by atoms with Crippen molar-refractivity contribution in [2.24, 2.45) is 0 Å². The maximum Gasteiger partial charge on any atom is 0.314 e. The molecule has 2 atom stereocenters. The van der Waals surface area contributed by atoms with Crippen LogP contribution in [-0.2, 0) is 5.60 Å². The fraction of sp³-hybridized carbons (Fsp3) is 0.688. The second-order valence-corrected chi connectivity index (χ2v) is 8.22. The van der Waals surface area contributed by atoms with Gasteiger partial charge in [0.05, 0.1) is 6.54 Å².